The van der Waals surface area contributed by atoms with E-state index in [1.807, 2.05) is 31.2 Å². The number of carboxylic acids is 1. The normalized spacial score (nSPS) is 11.2. The predicted molar refractivity (Wildman–Crippen MR) is 150 cm³/mol. The maximum Gasteiger partial charge on any atom is 0.335 e. The molecule has 204 valence electrons. The number of carboxylic acid groups (broad SMARTS) is 1. The molecule has 0 fully saturated rings. The van der Waals surface area contributed by atoms with E-state index in [2.05, 4.69) is 31.2 Å². The largest absolute Gasteiger partial charge is 0.478 e. The highest BCUT2D eigenvalue weighted by molar-refractivity contribution is 6.00. The van der Waals surface area contributed by atoms with E-state index < -0.39 is 17.9 Å². The minimum Gasteiger partial charge on any atom is -0.478 e. The van der Waals surface area contributed by atoms with E-state index in [9.17, 15) is 19.2 Å². The lowest BCUT2D eigenvalue weighted by atomic mass is 10.1. The average Bonchev–Trinajstić information content (AvgIpc) is 3.44. The highest BCUT2D eigenvalue weighted by atomic mass is 16.4. The van der Waals surface area contributed by atoms with Gasteiger partial charge in [0.1, 0.15) is 6.04 Å². The number of anilines is 3. The number of hydrogen-bond donors (Lipinski definition) is 6. The fraction of sp³-hybridized carbons (Fsp3) is 0.138. The van der Waals surface area contributed by atoms with Gasteiger partial charge in [-0.25, -0.2) is 14.6 Å². The second-order valence-corrected chi connectivity index (χ2v) is 9.02. The Bertz CT molecular complexity index is 1480. The van der Waals surface area contributed by atoms with Crippen LogP contribution < -0.4 is 21.3 Å². The van der Waals surface area contributed by atoms with Crippen molar-refractivity contribution in [3.05, 3.63) is 108 Å². The monoisotopic (exact) mass is 540 g/mol. The SMILES string of the molecule is Cc1ccccc1NC(=O)Nc1ccc(CC(=O)N[C@@H](Cc2c[nH]cn2)C(=O)Nc2ccc(C(=O)O)cc2)cc1. The molecule has 0 spiro atoms. The summed E-state index contributed by atoms with van der Waals surface area (Å²) in [6.07, 6.45) is 3.27. The Balaban J connectivity index is 1.35. The molecule has 6 N–H and O–H groups in total. The van der Waals surface area contributed by atoms with Crippen molar-refractivity contribution in [2.24, 2.45) is 0 Å². The van der Waals surface area contributed by atoms with E-state index in [1.54, 1.807) is 30.5 Å². The number of hydrogen-bond acceptors (Lipinski definition) is 5. The molecule has 0 aliphatic carbocycles. The van der Waals surface area contributed by atoms with Crippen LogP contribution in [0.1, 0.15) is 27.2 Å². The number of nitrogens with zero attached hydrogens (tertiary/aromatic N) is 1. The molecule has 0 aliphatic rings. The third kappa shape index (κ3) is 7.78. The van der Waals surface area contributed by atoms with Gasteiger partial charge in [-0.2, -0.15) is 0 Å². The third-order valence-corrected chi connectivity index (χ3v) is 5.99. The first-order chi connectivity index (χ1) is 19.3. The first-order valence-corrected chi connectivity index (χ1v) is 12.4. The summed E-state index contributed by atoms with van der Waals surface area (Å²) in [5.74, 6) is -1.93. The minimum atomic E-state index is -1.07. The zero-order valence-electron chi connectivity index (χ0n) is 21.6. The molecule has 3 aromatic carbocycles. The van der Waals surface area contributed by atoms with Crippen LogP contribution in [-0.4, -0.2) is 44.9 Å². The number of benzene rings is 3. The van der Waals surface area contributed by atoms with Crippen molar-refractivity contribution >= 4 is 40.9 Å². The molecule has 1 aromatic heterocycles. The van der Waals surface area contributed by atoms with Gasteiger partial charge in [0, 0.05) is 29.7 Å². The van der Waals surface area contributed by atoms with Crippen LogP contribution >= 0.6 is 0 Å². The Morgan fingerprint density at radius 1 is 0.875 bits per heavy atom. The van der Waals surface area contributed by atoms with Crippen molar-refractivity contribution in [2.75, 3.05) is 16.0 Å². The van der Waals surface area contributed by atoms with E-state index in [4.69, 9.17) is 5.11 Å². The topological polar surface area (TPSA) is 165 Å². The number of imidazole rings is 1. The van der Waals surface area contributed by atoms with Crippen LogP contribution in [0.2, 0.25) is 0 Å². The van der Waals surface area contributed by atoms with Gasteiger partial charge >= 0.3 is 12.0 Å². The second-order valence-electron chi connectivity index (χ2n) is 9.02. The number of urea groups is 1. The van der Waals surface area contributed by atoms with E-state index in [-0.39, 0.29) is 30.3 Å². The van der Waals surface area contributed by atoms with Gasteiger partial charge in [0.05, 0.1) is 24.0 Å². The molecule has 40 heavy (non-hydrogen) atoms. The first-order valence-electron chi connectivity index (χ1n) is 12.4. The molecule has 0 saturated carbocycles. The quantitative estimate of drug-likeness (QED) is 0.178. The highest BCUT2D eigenvalue weighted by Crippen LogP contribution is 2.15. The lowest BCUT2D eigenvalue weighted by molar-refractivity contribution is -0.126. The summed E-state index contributed by atoms with van der Waals surface area (Å²) < 4.78 is 0. The maximum atomic E-state index is 13.0. The number of rotatable bonds is 10. The highest BCUT2D eigenvalue weighted by Gasteiger charge is 2.22. The molecule has 0 radical (unpaired) electrons. The number of amides is 4. The summed E-state index contributed by atoms with van der Waals surface area (Å²) in [5, 5.41) is 20.1. The van der Waals surface area contributed by atoms with Crippen LogP contribution in [-0.2, 0) is 22.4 Å². The van der Waals surface area contributed by atoms with Crippen molar-refractivity contribution < 1.29 is 24.3 Å². The van der Waals surface area contributed by atoms with E-state index in [0.717, 1.165) is 5.56 Å². The number of carbonyl (C=O) groups excluding carboxylic acids is 3. The lowest BCUT2D eigenvalue weighted by Crippen LogP contribution is -2.45. The van der Waals surface area contributed by atoms with Crippen LogP contribution in [0.4, 0.5) is 21.9 Å². The Morgan fingerprint density at radius 3 is 2.20 bits per heavy atom. The average molecular weight is 541 g/mol. The number of para-hydroxylation sites is 1. The van der Waals surface area contributed by atoms with Crippen LogP contribution in [0.25, 0.3) is 0 Å². The molecule has 0 aliphatic heterocycles. The van der Waals surface area contributed by atoms with Gasteiger partial charge < -0.3 is 31.4 Å². The standard InChI is InChI=1S/C29H28N6O5/c1-18-4-2-3-5-24(18)35-29(40)33-22-10-6-19(7-11-22)14-26(36)34-25(15-23-16-30-17-31-23)27(37)32-21-12-8-20(9-13-21)28(38)39/h2-13,16-17,25H,14-15H2,1H3,(H,30,31)(H,32,37)(H,34,36)(H,38,39)(H2,33,35,40)/t25-/m0/s1. The smallest absolute Gasteiger partial charge is 0.335 e. The molecule has 4 aromatic rings. The molecule has 0 saturated heterocycles. The zero-order valence-corrected chi connectivity index (χ0v) is 21.6. The fourth-order valence-electron chi connectivity index (χ4n) is 3.88. The van der Waals surface area contributed by atoms with Gasteiger partial charge in [-0.15, -0.1) is 0 Å². The summed E-state index contributed by atoms with van der Waals surface area (Å²) in [6, 6.07) is 18.7. The predicted octanol–water partition coefficient (Wildman–Crippen LogP) is 3.97. The Kier molecular flexibility index (Phi) is 8.88. The van der Waals surface area contributed by atoms with E-state index in [1.165, 1.54) is 30.6 Å². The van der Waals surface area contributed by atoms with Gasteiger partial charge in [0.25, 0.3) is 0 Å². The molecule has 0 bridgehead atoms. The number of aromatic nitrogens is 2. The van der Waals surface area contributed by atoms with Crippen molar-refractivity contribution in [3.63, 3.8) is 0 Å². The summed E-state index contributed by atoms with van der Waals surface area (Å²) >= 11 is 0. The maximum absolute atomic E-state index is 13.0. The van der Waals surface area contributed by atoms with Crippen LogP contribution in [0, 0.1) is 6.92 Å². The third-order valence-electron chi connectivity index (χ3n) is 5.99. The van der Waals surface area contributed by atoms with Crippen molar-refractivity contribution in [1.82, 2.24) is 15.3 Å². The van der Waals surface area contributed by atoms with E-state index in [0.29, 0.717) is 28.3 Å². The number of aromatic carboxylic acids is 1. The summed E-state index contributed by atoms with van der Waals surface area (Å²) in [6.45, 7) is 1.90. The number of nitrogens with one attached hydrogen (secondary N) is 5. The van der Waals surface area contributed by atoms with Gasteiger partial charge in [-0.05, 0) is 60.5 Å². The number of aromatic amines is 1. The second kappa shape index (κ2) is 12.9. The fourth-order valence-corrected chi connectivity index (χ4v) is 3.88. The molecular weight excluding hydrogens is 512 g/mol. The molecule has 0 unspecified atom stereocenters. The molecule has 11 heteroatoms. The number of carbonyl (C=O) groups is 4. The molecule has 11 nitrogen and oxygen atoms in total. The summed E-state index contributed by atoms with van der Waals surface area (Å²) in [7, 11) is 0. The Hall–Kier alpha value is -5.45. The van der Waals surface area contributed by atoms with Gasteiger partial charge in [0.2, 0.25) is 11.8 Å². The lowest BCUT2D eigenvalue weighted by Gasteiger charge is -2.18. The molecule has 4 rings (SSSR count). The molecule has 1 heterocycles. The zero-order chi connectivity index (χ0) is 28.5. The minimum absolute atomic E-state index is 0.00728. The van der Waals surface area contributed by atoms with Crippen molar-refractivity contribution in [2.45, 2.75) is 25.8 Å². The summed E-state index contributed by atoms with van der Waals surface area (Å²) in [5.41, 5.74) is 3.96. The van der Waals surface area contributed by atoms with Gasteiger partial charge in [-0.1, -0.05) is 30.3 Å². The van der Waals surface area contributed by atoms with Crippen molar-refractivity contribution in [3.8, 4) is 0 Å². The summed E-state index contributed by atoms with van der Waals surface area (Å²) in [4.78, 5) is 56.2. The Morgan fingerprint density at radius 2 is 1.55 bits per heavy atom. The van der Waals surface area contributed by atoms with Crippen LogP contribution in [0.3, 0.4) is 0 Å². The molecular formula is C29H28N6O5. The molecule has 1 atom stereocenters. The van der Waals surface area contributed by atoms with Crippen LogP contribution in [0.15, 0.2) is 85.3 Å². The van der Waals surface area contributed by atoms with Gasteiger partial charge in [-0.3, -0.25) is 9.59 Å². The molecule has 4 amide bonds. The number of H-pyrrole nitrogens is 1. The number of aryl methyl sites for hydroxylation is 1. The van der Waals surface area contributed by atoms with E-state index >= 15 is 0 Å². The Labute approximate surface area is 230 Å². The first kappa shape index (κ1) is 27.6. The van der Waals surface area contributed by atoms with Crippen LogP contribution in [0.5, 0.6) is 0 Å². The van der Waals surface area contributed by atoms with Gasteiger partial charge in [0.15, 0.2) is 0 Å². The van der Waals surface area contributed by atoms with Crippen molar-refractivity contribution in [1.29, 1.82) is 0 Å².